The molecule has 0 spiro atoms. The quantitative estimate of drug-likeness (QED) is 0.229. The number of rotatable bonds is 6. The van der Waals surface area contributed by atoms with Crippen LogP contribution in [0.2, 0.25) is 0 Å². The van der Waals surface area contributed by atoms with Crippen molar-refractivity contribution in [1.29, 1.82) is 0 Å². The van der Waals surface area contributed by atoms with Crippen molar-refractivity contribution in [2.24, 2.45) is 5.41 Å². The molecule has 0 heterocycles. The van der Waals surface area contributed by atoms with Crippen LogP contribution in [-0.4, -0.2) is 78.2 Å². The van der Waals surface area contributed by atoms with Gasteiger partial charge in [-0.3, -0.25) is 18.9 Å². The molecule has 0 aliphatic rings. The van der Waals surface area contributed by atoms with E-state index >= 15 is 0 Å². The molecule has 0 aromatic rings. The minimum absolute atomic E-state index is 0. The molecule has 9 nitrogen and oxygen atoms in total. The number of carboxylic acid groups (broad SMARTS) is 3. The minimum Gasteiger partial charge on any atom is -0.480 e. The molecule has 99 valence electrons. The molecule has 1 radical (unpaired) electrons. The van der Waals surface area contributed by atoms with Crippen molar-refractivity contribution >= 4 is 55.1 Å². The largest absolute Gasteiger partial charge is 0.480 e. The van der Waals surface area contributed by atoms with E-state index < -0.39 is 43.0 Å². The fourth-order valence-corrected chi connectivity index (χ4v) is 2.81. The summed E-state index contributed by atoms with van der Waals surface area (Å²) in [6.45, 7) is 1.09. The molecule has 11 heteroatoms. The zero-order valence-corrected chi connectivity index (χ0v) is 12.5. The molecule has 5 N–H and O–H groups in total. The van der Waals surface area contributed by atoms with Crippen molar-refractivity contribution in [3.63, 3.8) is 0 Å². The van der Waals surface area contributed by atoms with E-state index in [1.165, 1.54) is 0 Å². The average molecular weight is 293 g/mol. The summed E-state index contributed by atoms with van der Waals surface area (Å²) in [5.74, 6) is -6.98. The van der Waals surface area contributed by atoms with Crippen LogP contribution in [0.5, 0.6) is 0 Å². The molecule has 0 fully saturated rings. The van der Waals surface area contributed by atoms with E-state index in [1.807, 2.05) is 0 Å². The SMILES string of the molecule is CCC(C(C(=O)O)(C(=O)O)C(=O)O)P(=O)(O)O.[Na]. The van der Waals surface area contributed by atoms with Crippen LogP contribution < -0.4 is 0 Å². The predicted molar refractivity (Wildman–Crippen MR) is 57.2 cm³/mol. The van der Waals surface area contributed by atoms with Gasteiger partial charge in [0.15, 0.2) is 0 Å². The Morgan fingerprint density at radius 2 is 1.33 bits per heavy atom. The topological polar surface area (TPSA) is 169 Å². The summed E-state index contributed by atoms with van der Waals surface area (Å²) in [5, 5.41) is 26.2. The van der Waals surface area contributed by atoms with Gasteiger partial charge in [-0.05, 0) is 6.42 Å². The first-order valence-electron chi connectivity index (χ1n) is 4.28. The Balaban J connectivity index is 0. The summed E-state index contributed by atoms with van der Waals surface area (Å²) < 4.78 is 11.0. The maximum absolute atomic E-state index is 11.0. The molecule has 0 aliphatic heterocycles. The third-order valence-electron chi connectivity index (χ3n) is 2.30. The van der Waals surface area contributed by atoms with E-state index in [0.717, 1.165) is 6.92 Å². The molecule has 0 saturated carbocycles. The van der Waals surface area contributed by atoms with E-state index in [2.05, 4.69) is 0 Å². The summed E-state index contributed by atoms with van der Waals surface area (Å²) in [4.78, 5) is 50.3. The Morgan fingerprint density at radius 1 is 1.06 bits per heavy atom. The normalized spacial score (nSPS) is 13.3. The number of carboxylic acids is 3. The summed E-state index contributed by atoms with van der Waals surface area (Å²) in [7, 11) is -5.20. The zero-order chi connectivity index (χ0) is 14.0. The molecule has 0 amide bonds. The fourth-order valence-electron chi connectivity index (χ4n) is 1.50. The standard InChI is InChI=1S/C7H11O9P.Na/c1-2-3(17(14,15)16)7(4(8)9,5(10)11)6(12)13;/h3H,2H2,1H3,(H,8,9)(H,10,11)(H,12,13)(H2,14,15,16);. The Hall–Kier alpha value is -0.440. The first-order chi connectivity index (χ1) is 7.52. The van der Waals surface area contributed by atoms with E-state index in [9.17, 15) is 18.9 Å². The summed E-state index contributed by atoms with van der Waals surface area (Å²) in [6, 6.07) is 0. The zero-order valence-electron chi connectivity index (χ0n) is 9.60. The van der Waals surface area contributed by atoms with Crippen LogP contribution in [0, 0.1) is 5.41 Å². The molecule has 0 bridgehead atoms. The molecule has 1 atom stereocenters. The monoisotopic (exact) mass is 293 g/mol. The maximum Gasteiger partial charge on any atom is 0.333 e. The van der Waals surface area contributed by atoms with Gasteiger partial charge in [0.25, 0.3) is 5.41 Å². The van der Waals surface area contributed by atoms with Gasteiger partial charge in [0, 0.05) is 29.6 Å². The third-order valence-corrected chi connectivity index (χ3v) is 3.87. The van der Waals surface area contributed by atoms with Gasteiger partial charge in [0.2, 0.25) is 0 Å². The van der Waals surface area contributed by atoms with Gasteiger partial charge in [0.05, 0.1) is 5.66 Å². The van der Waals surface area contributed by atoms with Gasteiger partial charge in [-0.1, -0.05) is 6.92 Å². The maximum atomic E-state index is 11.0. The van der Waals surface area contributed by atoms with E-state index in [1.54, 1.807) is 0 Å². The summed E-state index contributed by atoms with van der Waals surface area (Å²) >= 11 is 0. The number of aliphatic carboxylic acids is 3. The number of carbonyl (C=O) groups is 3. The molecule has 1 unspecified atom stereocenters. The molecule has 0 aromatic heterocycles. The molecule has 0 saturated heterocycles. The molecular formula is C7H11NaO9P. The van der Waals surface area contributed by atoms with Crippen molar-refractivity contribution in [2.45, 2.75) is 19.0 Å². The molecular weight excluding hydrogens is 282 g/mol. The Bertz CT molecular complexity index is 364. The second-order valence-corrected chi connectivity index (χ2v) is 5.04. The fraction of sp³-hybridized carbons (Fsp3) is 0.571. The Kier molecular flexibility index (Phi) is 7.34. The van der Waals surface area contributed by atoms with Crippen LogP contribution in [0.25, 0.3) is 0 Å². The van der Waals surface area contributed by atoms with Gasteiger partial charge >= 0.3 is 25.5 Å². The van der Waals surface area contributed by atoms with E-state index in [-0.39, 0.29) is 29.6 Å². The first-order valence-corrected chi connectivity index (χ1v) is 5.96. The second kappa shape index (κ2) is 6.65. The van der Waals surface area contributed by atoms with E-state index in [4.69, 9.17) is 25.1 Å². The van der Waals surface area contributed by atoms with Gasteiger partial charge in [-0.25, -0.2) is 0 Å². The summed E-state index contributed by atoms with van der Waals surface area (Å²) in [6.07, 6.45) is -0.616. The molecule has 0 aliphatic carbocycles. The van der Waals surface area contributed by atoms with Crippen LogP contribution >= 0.6 is 7.60 Å². The van der Waals surface area contributed by atoms with Crippen molar-refractivity contribution in [3.8, 4) is 0 Å². The Morgan fingerprint density at radius 3 is 1.39 bits per heavy atom. The third kappa shape index (κ3) is 3.31. The van der Waals surface area contributed by atoms with Crippen LogP contribution in [0.3, 0.4) is 0 Å². The molecule has 18 heavy (non-hydrogen) atoms. The second-order valence-electron chi connectivity index (χ2n) is 3.24. The van der Waals surface area contributed by atoms with Gasteiger partial charge in [0.1, 0.15) is 0 Å². The van der Waals surface area contributed by atoms with E-state index in [0.29, 0.717) is 0 Å². The van der Waals surface area contributed by atoms with Crippen LogP contribution in [0.4, 0.5) is 0 Å². The smallest absolute Gasteiger partial charge is 0.333 e. The van der Waals surface area contributed by atoms with Crippen molar-refractivity contribution < 1.29 is 44.1 Å². The average Bonchev–Trinajstić information content (AvgIpc) is 2.09. The predicted octanol–water partition coefficient (Wildman–Crippen LogP) is -1.20. The van der Waals surface area contributed by atoms with Crippen LogP contribution in [-0.2, 0) is 18.9 Å². The van der Waals surface area contributed by atoms with Crippen molar-refractivity contribution in [1.82, 2.24) is 0 Å². The number of hydrogen-bond acceptors (Lipinski definition) is 4. The van der Waals surface area contributed by atoms with Crippen molar-refractivity contribution in [3.05, 3.63) is 0 Å². The van der Waals surface area contributed by atoms with Gasteiger partial charge in [-0.2, -0.15) is 0 Å². The summed E-state index contributed by atoms with van der Waals surface area (Å²) in [5.41, 5.74) is -5.91. The first kappa shape index (κ1) is 19.9. The van der Waals surface area contributed by atoms with Crippen LogP contribution in [0.15, 0.2) is 0 Å². The molecule has 0 aromatic carbocycles. The number of hydrogen-bond donors (Lipinski definition) is 5. The molecule has 0 rings (SSSR count). The van der Waals surface area contributed by atoms with Crippen LogP contribution in [0.1, 0.15) is 13.3 Å². The van der Waals surface area contributed by atoms with Crippen molar-refractivity contribution in [2.75, 3.05) is 0 Å². The van der Waals surface area contributed by atoms with Gasteiger partial charge < -0.3 is 25.1 Å². The van der Waals surface area contributed by atoms with Gasteiger partial charge in [-0.15, -0.1) is 0 Å². The minimum atomic E-state index is -5.20. The Labute approximate surface area is 123 Å².